The number of hydrogen-bond acceptors (Lipinski definition) is 3. The summed E-state index contributed by atoms with van der Waals surface area (Å²) in [5.41, 5.74) is 1.28. The molecule has 3 rings (SSSR count). The van der Waals surface area contributed by atoms with Gasteiger partial charge in [0.2, 0.25) is 5.91 Å². The molecule has 4 nitrogen and oxygen atoms in total. The lowest BCUT2D eigenvalue weighted by atomic mass is 9.75. The summed E-state index contributed by atoms with van der Waals surface area (Å²) in [6.07, 6.45) is 12.6. The van der Waals surface area contributed by atoms with Crippen LogP contribution >= 0.6 is 0 Å². The summed E-state index contributed by atoms with van der Waals surface area (Å²) in [5, 5.41) is 6.96. The van der Waals surface area contributed by atoms with Crippen molar-refractivity contribution in [1.82, 2.24) is 15.6 Å². The van der Waals surface area contributed by atoms with Crippen LogP contribution in [0.3, 0.4) is 0 Å². The van der Waals surface area contributed by atoms with Crippen LogP contribution in [-0.2, 0) is 11.2 Å². The van der Waals surface area contributed by atoms with Crippen molar-refractivity contribution < 1.29 is 4.79 Å². The molecule has 2 heterocycles. The molecule has 1 saturated heterocycles. The number of rotatable bonds is 3. The zero-order valence-electron chi connectivity index (χ0n) is 12.6. The van der Waals surface area contributed by atoms with Gasteiger partial charge in [0.15, 0.2) is 0 Å². The first-order chi connectivity index (χ1) is 10.3. The fourth-order valence-corrected chi connectivity index (χ4v) is 3.86. The van der Waals surface area contributed by atoms with Gasteiger partial charge in [-0.2, -0.15) is 0 Å². The van der Waals surface area contributed by atoms with Crippen LogP contribution in [0.15, 0.2) is 24.5 Å². The first kappa shape index (κ1) is 14.5. The summed E-state index contributed by atoms with van der Waals surface area (Å²) < 4.78 is 0. The number of pyridine rings is 1. The highest BCUT2D eigenvalue weighted by atomic mass is 16.1. The second-order valence-corrected chi connectivity index (χ2v) is 6.56. The molecule has 1 spiro atoms. The van der Waals surface area contributed by atoms with Crippen LogP contribution in [0, 0.1) is 0 Å². The molecule has 0 bridgehead atoms. The smallest absolute Gasteiger partial charge is 0.224 e. The van der Waals surface area contributed by atoms with Gasteiger partial charge in [-0.15, -0.1) is 0 Å². The minimum Gasteiger partial charge on any atom is -0.353 e. The molecule has 2 fully saturated rings. The maximum Gasteiger partial charge on any atom is 0.224 e. The largest absolute Gasteiger partial charge is 0.353 e. The van der Waals surface area contributed by atoms with Gasteiger partial charge in [0.1, 0.15) is 0 Å². The molecule has 0 aromatic carbocycles. The number of amides is 1. The molecule has 114 valence electrons. The van der Waals surface area contributed by atoms with E-state index in [2.05, 4.69) is 15.6 Å². The third-order valence-corrected chi connectivity index (χ3v) is 4.89. The molecule has 1 unspecified atom stereocenters. The van der Waals surface area contributed by atoms with Crippen molar-refractivity contribution in [3.8, 4) is 0 Å². The van der Waals surface area contributed by atoms with Crippen LogP contribution < -0.4 is 10.6 Å². The van der Waals surface area contributed by atoms with E-state index in [4.69, 9.17) is 0 Å². The van der Waals surface area contributed by atoms with E-state index < -0.39 is 0 Å². The van der Waals surface area contributed by atoms with Gasteiger partial charge in [-0.1, -0.05) is 25.3 Å². The first-order valence-electron chi connectivity index (χ1n) is 8.19. The number of hydrogen-bond donors (Lipinski definition) is 2. The van der Waals surface area contributed by atoms with Crippen molar-refractivity contribution in [2.75, 3.05) is 6.54 Å². The third kappa shape index (κ3) is 3.82. The van der Waals surface area contributed by atoms with E-state index in [-0.39, 0.29) is 5.91 Å². The molecular weight excluding hydrogens is 262 g/mol. The van der Waals surface area contributed by atoms with Crippen LogP contribution in [-0.4, -0.2) is 29.0 Å². The highest BCUT2D eigenvalue weighted by molar-refractivity contribution is 5.78. The number of aromatic nitrogens is 1. The highest BCUT2D eigenvalue weighted by Crippen LogP contribution is 2.34. The molecule has 21 heavy (non-hydrogen) atoms. The molecule has 1 aromatic rings. The Hall–Kier alpha value is -1.42. The van der Waals surface area contributed by atoms with Crippen molar-refractivity contribution in [2.45, 2.75) is 62.9 Å². The molecule has 1 atom stereocenters. The summed E-state index contributed by atoms with van der Waals surface area (Å²) in [4.78, 5) is 16.3. The summed E-state index contributed by atoms with van der Waals surface area (Å²) >= 11 is 0. The number of nitrogens with one attached hydrogen (secondary N) is 2. The Kier molecular flexibility index (Phi) is 4.54. The molecule has 4 heteroatoms. The summed E-state index contributed by atoms with van der Waals surface area (Å²) in [5.74, 6) is 0.126. The maximum absolute atomic E-state index is 12.2. The number of piperidine rings is 1. The van der Waals surface area contributed by atoms with Crippen LogP contribution in [0.4, 0.5) is 0 Å². The third-order valence-electron chi connectivity index (χ3n) is 4.89. The second kappa shape index (κ2) is 6.56. The van der Waals surface area contributed by atoms with E-state index in [0.717, 1.165) is 24.9 Å². The average molecular weight is 287 g/mol. The van der Waals surface area contributed by atoms with Crippen LogP contribution in [0.25, 0.3) is 0 Å². The van der Waals surface area contributed by atoms with Crippen molar-refractivity contribution >= 4 is 5.91 Å². The molecule has 1 aromatic heterocycles. The Labute approximate surface area is 126 Å². The molecule has 2 N–H and O–H groups in total. The molecule has 1 amide bonds. The Balaban J connectivity index is 1.53. The van der Waals surface area contributed by atoms with Crippen molar-refractivity contribution in [3.05, 3.63) is 30.1 Å². The maximum atomic E-state index is 12.2. The molecular formula is C17H25N3O. The minimum atomic E-state index is 0.126. The molecule has 0 radical (unpaired) electrons. The molecule has 1 aliphatic carbocycles. The van der Waals surface area contributed by atoms with Gasteiger partial charge >= 0.3 is 0 Å². The van der Waals surface area contributed by atoms with Gasteiger partial charge in [-0.25, -0.2) is 0 Å². The van der Waals surface area contributed by atoms with Crippen molar-refractivity contribution in [3.63, 3.8) is 0 Å². The molecule has 1 saturated carbocycles. The van der Waals surface area contributed by atoms with E-state index in [9.17, 15) is 4.79 Å². The van der Waals surface area contributed by atoms with E-state index >= 15 is 0 Å². The monoisotopic (exact) mass is 287 g/mol. The lowest BCUT2D eigenvalue weighted by molar-refractivity contribution is -0.121. The number of carbonyl (C=O) groups is 1. The Morgan fingerprint density at radius 2 is 2.24 bits per heavy atom. The van der Waals surface area contributed by atoms with E-state index in [1.54, 1.807) is 12.4 Å². The van der Waals surface area contributed by atoms with Crippen LogP contribution in [0.1, 0.15) is 50.5 Å². The predicted octanol–water partition coefficient (Wildman–Crippen LogP) is 2.20. The fourth-order valence-electron chi connectivity index (χ4n) is 3.86. The van der Waals surface area contributed by atoms with Crippen LogP contribution in [0.2, 0.25) is 0 Å². The zero-order valence-corrected chi connectivity index (χ0v) is 12.6. The Morgan fingerprint density at radius 3 is 3.00 bits per heavy atom. The van der Waals surface area contributed by atoms with Gasteiger partial charge in [-0.05, 0) is 43.9 Å². The fraction of sp³-hybridized carbons (Fsp3) is 0.647. The second-order valence-electron chi connectivity index (χ2n) is 6.56. The quantitative estimate of drug-likeness (QED) is 0.896. The highest BCUT2D eigenvalue weighted by Gasteiger charge is 2.37. The lowest BCUT2D eigenvalue weighted by Crippen LogP contribution is -2.57. The Morgan fingerprint density at radius 1 is 1.38 bits per heavy atom. The summed E-state index contributed by atoms with van der Waals surface area (Å²) in [6, 6.07) is 4.16. The van der Waals surface area contributed by atoms with Gasteiger partial charge in [0.05, 0.1) is 6.42 Å². The Bertz CT molecular complexity index is 463. The van der Waals surface area contributed by atoms with Crippen molar-refractivity contribution in [1.29, 1.82) is 0 Å². The van der Waals surface area contributed by atoms with E-state index in [0.29, 0.717) is 18.0 Å². The zero-order chi connectivity index (χ0) is 14.5. The van der Waals surface area contributed by atoms with Gasteiger partial charge < -0.3 is 10.6 Å². The number of nitrogens with zero attached hydrogens (tertiary/aromatic N) is 1. The summed E-state index contributed by atoms with van der Waals surface area (Å²) in [6.45, 7) is 1.03. The lowest BCUT2D eigenvalue weighted by Gasteiger charge is -2.44. The summed E-state index contributed by atoms with van der Waals surface area (Å²) in [7, 11) is 0. The SMILES string of the molecule is O=C(Cc1cccnc1)NC1CCNC2(CCCCC2)C1. The number of carbonyl (C=O) groups excluding carboxylic acids is 1. The minimum absolute atomic E-state index is 0.126. The first-order valence-corrected chi connectivity index (χ1v) is 8.19. The van der Waals surface area contributed by atoms with Gasteiger partial charge in [-0.3, -0.25) is 9.78 Å². The molecule has 2 aliphatic rings. The van der Waals surface area contributed by atoms with E-state index in [1.165, 1.54) is 32.1 Å². The van der Waals surface area contributed by atoms with Crippen molar-refractivity contribution in [2.24, 2.45) is 0 Å². The predicted molar refractivity (Wildman–Crippen MR) is 82.9 cm³/mol. The van der Waals surface area contributed by atoms with Gasteiger partial charge in [0.25, 0.3) is 0 Å². The average Bonchev–Trinajstić information content (AvgIpc) is 2.49. The normalized spacial score (nSPS) is 24.7. The topological polar surface area (TPSA) is 54.0 Å². The standard InChI is InChI=1S/C17H25N3O/c21-16(11-14-5-4-9-18-13-14)20-15-6-10-19-17(12-15)7-2-1-3-8-17/h4-5,9,13,15,19H,1-3,6-8,10-12H2,(H,20,21). The van der Waals surface area contributed by atoms with E-state index in [1.807, 2.05) is 12.1 Å². The van der Waals surface area contributed by atoms with Gasteiger partial charge in [0, 0.05) is 24.0 Å². The molecule has 1 aliphatic heterocycles. The van der Waals surface area contributed by atoms with Crippen LogP contribution in [0.5, 0.6) is 0 Å².